The van der Waals surface area contributed by atoms with Crippen LogP contribution < -0.4 is 0 Å². The molecule has 1 aromatic heterocycles. The summed E-state index contributed by atoms with van der Waals surface area (Å²) in [5, 5.41) is 19.3. The molecule has 0 saturated carbocycles. The Morgan fingerprint density at radius 1 is 1.67 bits per heavy atom. The van der Waals surface area contributed by atoms with E-state index in [1.54, 1.807) is 0 Å². The van der Waals surface area contributed by atoms with E-state index >= 15 is 0 Å². The monoisotopic (exact) mass is 257 g/mol. The molecular weight excluding hydrogens is 252 g/mol. The summed E-state index contributed by atoms with van der Waals surface area (Å²) in [5.41, 5.74) is -2.38. The van der Waals surface area contributed by atoms with Gasteiger partial charge in [0.15, 0.2) is 0 Å². The molecule has 0 aliphatic rings. The molecule has 1 aromatic rings. The van der Waals surface area contributed by atoms with Crippen molar-refractivity contribution in [3.8, 4) is 6.07 Å². The number of nitriles is 1. The number of aromatic nitrogens is 1. The number of alkyl halides is 2. The van der Waals surface area contributed by atoms with E-state index in [4.69, 9.17) is 5.26 Å². The first-order valence-corrected chi connectivity index (χ1v) is 4.38. The number of ether oxygens (including phenoxy) is 1. The van der Waals surface area contributed by atoms with Gasteiger partial charge in [-0.15, -0.1) is 0 Å². The van der Waals surface area contributed by atoms with Crippen molar-refractivity contribution >= 4 is 11.8 Å². The van der Waals surface area contributed by atoms with Gasteiger partial charge in [0.1, 0.15) is 11.6 Å². The van der Waals surface area contributed by atoms with Crippen LogP contribution >= 0.6 is 0 Å². The Balaban J connectivity index is 3.60. The second-order valence-corrected chi connectivity index (χ2v) is 2.95. The van der Waals surface area contributed by atoms with Crippen LogP contribution in [0.5, 0.6) is 0 Å². The first-order chi connectivity index (χ1) is 8.42. The third-order valence-electron chi connectivity index (χ3n) is 1.94. The number of halogens is 2. The number of carbonyl (C=O) groups is 1. The first-order valence-electron chi connectivity index (χ1n) is 4.38. The van der Waals surface area contributed by atoms with Gasteiger partial charge in [0.25, 0.3) is 12.1 Å². The van der Waals surface area contributed by atoms with Crippen molar-refractivity contribution in [1.29, 1.82) is 5.26 Å². The Labute approximate surface area is 98.8 Å². The van der Waals surface area contributed by atoms with E-state index in [0.29, 0.717) is 0 Å². The lowest BCUT2D eigenvalue weighted by Gasteiger charge is -2.04. The molecule has 0 spiro atoms. The van der Waals surface area contributed by atoms with Gasteiger partial charge in [-0.25, -0.2) is 13.6 Å². The fraction of sp³-hybridized carbons (Fsp3) is 0.222. The van der Waals surface area contributed by atoms with Crippen LogP contribution in [0, 0.1) is 21.4 Å². The molecular formula is C9H5F2N3O4. The Hall–Kier alpha value is -2.63. The summed E-state index contributed by atoms with van der Waals surface area (Å²) in [4.78, 5) is 23.7. The molecule has 18 heavy (non-hydrogen) atoms. The molecule has 0 aliphatic heterocycles. The minimum atomic E-state index is -3.25. The van der Waals surface area contributed by atoms with Gasteiger partial charge in [-0.1, -0.05) is 0 Å². The number of nitrogens with zero attached hydrogens (tertiary/aromatic N) is 3. The van der Waals surface area contributed by atoms with E-state index in [1.807, 2.05) is 0 Å². The fourth-order valence-corrected chi connectivity index (χ4v) is 1.20. The summed E-state index contributed by atoms with van der Waals surface area (Å²) in [5.74, 6) is -2.29. The zero-order valence-corrected chi connectivity index (χ0v) is 8.89. The maximum atomic E-state index is 12.6. The standard InChI is InChI=1S/C9H5F2N3O4/c1-18-9(15)5-2-4(3-12)6(7(10)11)8(13-5)14(16)17/h2,7H,1H3. The highest BCUT2D eigenvalue weighted by Gasteiger charge is 2.31. The molecule has 0 bridgehead atoms. The molecule has 0 unspecified atom stereocenters. The molecule has 0 aliphatic carbocycles. The highest BCUT2D eigenvalue weighted by molar-refractivity contribution is 5.88. The summed E-state index contributed by atoms with van der Waals surface area (Å²) in [6.45, 7) is 0. The minimum Gasteiger partial charge on any atom is -0.463 e. The van der Waals surface area contributed by atoms with Gasteiger partial charge in [-0.3, -0.25) is 0 Å². The van der Waals surface area contributed by atoms with Gasteiger partial charge in [-0.05, 0) is 9.91 Å². The van der Waals surface area contributed by atoms with E-state index < -0.39 is 40.0 Å². The van der Waals surface area contributed by atoms with Crippen LogP contribution in [-0.2, 0) is 4.74 Å². The molecule has 9 heteroatoms. The Bertz CT molecular complexity index is 553. The average molecular weight is 257 g/mol. The Morgan fingerprint density at radius 2 is 2.28 bits per heavy atom. The molecule has 0 saturated heterocycles. The topological polar surface area (TPSA) is 106 Å². The van der Waals surface area contributed by atoms with Crippen molar-refractivity contribution in [1.82, 2.24) is 4.98 Å². The van der Waals surface area contributed by atoms with Crippen molar-refractivity contribution in [3.63, 3.8) is 0 Å². The maximum absolute atomic E-state index is 12.6. The lowest BCUT2D eigenvalue weighted by molar-refractivity contribution is -0.391. The lowest BCUT2D eigenvalue weighted by atomic mass is 10.1. The number of methoxy groups -OCH3 is 1. The molecule has 0 N–H and O–H groups in total. The van der Waals surface area contributed by atoms with E-state index in [9.17, 15) is 23.7 Å². The third-order valence-corrected chi connectivity index (χ3v) is 1.94. The smallest absolute Gasteiger partial charge is 0.382 e. The van der Waals surface area contributed by atoms with Crippen LogP contribution in [-0.4, -0.2) is 23.0 Å². The van der Waals surface area contributed by atoms with E-state index in [2.05, 4.69) is 9.72 Å². The van der Waals surface area contributed by atoms with Crippen molar-refractivity contribution in [2.75, 3.05) is 7.11 Å². The van der Waals surface area contributed by atoms with E-state index in [-0.39, 0.29) is 0 Å². The number of carbonyl (C=O) groups excluding carboxylic acids is 1. The zero-order chi connectivity index (χ0) is 13.9. The molecule has 0 fully saturated rings. The summed E-state index contributed by atoms with van der Waals surface area (Å²) in [6.07, 6.45) is -3.25. The molecule has 7 nitrogen and oxygen atoms in total. The van der Waals surface area contributed by atoms with Crippen LogP contribution in [0.15, 0.2) is 6.07 Å². The fourth-order valence-electron chi connectivity index (χ4n) is 1.20. The summed E-state index contributed by atoms with van der Waals surface area (Å²) in [7, 11) is 0.989. The Morgan fingerprint density at radius 3 is 2.67 bits per heavy atom. The quantitative estimate of drug-likeness (QED) is 0.462. The second-order valence-electron chi connectivity index (χ2n) is 2.95. The molecule has 0 aromatic carbocycles. The van der Waals surface area contributed by atoms with Gasteiger partial charge in [0.05, 0.1) is 12.7 Å². The van der Waals surface area contributed by atoms with Gasteiger partial charge >= 0.3 is 11.8 Å². The van der Waals surface area contributed by atoms with Gasteiger partial charge in [-0.2, -0.15) is 5.26 Å². The van der Waals surface area contributed by atoms with Gasteiger partial charge < -0.3 is 14.9 Å². The highest BCUT2D eigenvalue weighted by Crippen LogP contribution is 2.30. The first kappa shape index (κ1) is 13.4. The predicted octanol–water partition coefficient (Wildman–Crippen LogP) is 1.59. The van der Waals surface area contributed by atoms with Gasteiger partial charge in [0.2, 0.25) is 0 Å². The maximum Gasteiger partial charge on any atom is 0.382 e. The zero-order valence-electron chi connectivity index (χ0n) is 8.89. The number of pyridine rings is 1. The highest BCUT2D eigenvalue weighted by atomic mass is 19.3. The Kier molecular flexibility index (Phi) is 3.83. The molecule has 94 valence electrons. The summed E-state index contributed by atoms with van der Waals surface area (Å²) < 4.78 is 29.5. The van der Waals surface area contributed by atoms with Crippen LogP contribution in [0.25, 0.3) is 0 Å². The van der Waals surface area contributed by atoms with Gasteiger partial charge in [0, 0.05) is 6.07 Å². The summed E-state index contributed by atoms with van der Waals surface area (Å²) >= 11 is 0. The molecule has 1 heterocycles. The largest absolute Gasteiger partial charge is 0.463 e. The molecule has 1 rings (SSSR count). The number of hydrogen-bond acceptors (Lipinski definition) is 6. The van der Waals surface area contributed by atoms with Crippen LogP contribution in [0.1, 0.15) is 28.0 Å². The number of nitro groups is 1. The summed E-state index contributed by atoms with van der Waals surface area (Å²) in [6, 6.07) is 2.08. The van der Waals surface area contributed by atoms with Crippen molar-refractivity contribution < 1.29 is 23.2 Å². The van der Waals surface area contributed by atoms with Crippen molar-refractivity contribution in [3.05, 3.63) is 33.0 Å². The lowest BCUT2D eigenvalue weighted by Crippen LogP contribution is -2.10. The van der Waals surface area contributed by atoms with Crippen LogP contribution in [0.4, 0.5) is 14.6 Å². The normalized spacial score (nSPS) is 9.94. The van der Waals surface area contributed by atoms with Crippen LogP contribution in [0.2, 0.25) is 0 Å². The van der Waals surface area contributed by atoms with E-state index in [1.165, 1.54) is 6.07 Å². The second kappa shape index (κ2) is 5.13. The predicted molar refractivity (Wildman–Crippen MR) is 51.9 cm³/mol. The molecule has 0 amide bonds. The molecule has 0 atom stereocenters. The molecule has 0 radical (unpaired) electrons. The number of hydrogen-bond donors (Lipinski definition) is 0. The number of rotatable bonds is 3. The van der Waals surface area contributed by atoms with Crippen LogP contribution in [0.3, 0.4) is 0 Å². The average Bonchev–Trinajstić information content (AvgIpc) is 2.35. The SMILES string of the molecule is COC(=O)c1cc(C#N)c(C(F)F)c([N+](=O)[O-])n1. The third kappa shape index (κ3) is 2.37. The minimum absolute atomic E-state index is 0.579. The van der Waals surface area contributed by atoms with E-state index in [0.717, 1.165) is 13.2 Å². The van der Waals surface area contributed by atoms with Crippen molar-refractivity contribution in [2.45, 2.75) is 6.43 Å². The van der Waals surface area contributed by atoms with Crippen molar-refractivity contribution in [2.24, 2.45) is 0 Å². The number of esters is 1.